The maximum atomic E-state index is 13.0. The van der Waals surface area contributed by atoms with Crippen LogP contribution in [0.15, 0.2) is 47.1 Å². The largest absolute Gasteiger partial charge is 0.465 e. The number of carbonyl (C=O) groups is 1. The highest BCUT2D eigenvalue weighted by Gasteiger charge is 2.34. The first-order chi connectivity index (χ1) is 13.3. The molecule has 0 spiro atoms. The van der Waals surface area contributed by atoms with Gasteiger partial charge in [0.25, 0.3) is 5.91 Å². The topological polar surface area (TPSA) is 46.3 Å². The first-order valence-electron chi connectivity index (χ1n) is 8.82. The van der Waals surface area contributed by atoms with Crippen molar-refractivity contribution in [3.05, 3.63) is 65.2 Å². The highest BCUT2D eigenvalue weighted by Crippen LogP contribution is 2.38. The molecule has 0 radical (unpaired) electrons. The third-order valence-corrected chi connectivity index (χ3v) is 4.78. The summed E-state index contributed by atoms with van der Waals surface area (Å²) >= 11 is 0. The van der Waals surface area contributed by atoms with Gasteiger partial charge in [-0.05, 0) is 48.3 Å². The Morgan fingerprint density at radius 3 is 2.71 bits per heavy atom. The summed E-state index contributed by atoms with van der Waals surface area (Å²) in [6, 6.07) is 10.6. The van der Waals surface area contributed by atoms with Gasteiger partial charge in [-0.2, -0.15) is 13.2 Å². The Bertz CT molecular complexity index is 1070. The minimum absolute atomic E-state index is 0.301. The number of para-hydroxylation sites is 1. The minimum atomic E-state index is -4.46. The zero-order chi connectivity index (χ0) is 19.9. The molecule has 144 valence electrons. The summed E-state index contributed by atoms with van der Waals surface area (Å²) < 4.78 is 43.8. The number of hydrogen-bond acceptors (Lipinski definition) is 3. The Balaban J connectivity index is 1.86. The molecule has 0 aliphatic heterocycles. The molecule has 0 saturated heterocycles. The molecule has 1 amide bonds. The van der Waals surface area contributed by atoms with Crippen LogP contribution < -0.4 is 0 Å². The van der Waals surface area contributed by atoms with Crippen LogP contribution in [0.25, 0.3) is 22.6 Å². The van der Waals surface area contributed by atoms with Crippen molar-refractivity contribution in [2.45, 2.75) is 19.0 Å². The average molecular weight is 386 g/mol. The fourth-order valence-corrected chi connectivity index (χ4v) is 3.60. The Morgan fingerprint density at radius 2 is 2.00 bits per heavy atom. The van der Waals surface area contributed by atoms with Crippen molar-refractivity contribution in [1.82, 2.24) is 9.88 Å². The van der Waals surface area contributed by atoms with Crippen LogP contribution in [0.3, 0.4) is 0 Å². The summed E-state index contributed by atoms with van der Waals surface area (Å²) in [7, 11) is 1.17. The van der Waals surface area contributed by atoms with Gasteiger partial charge in [-0.15, -0.1) is 0 Å². The average Bonchev–Trinajstić information content (AvgIpc) is 3.28. The molecule has 2 heterocycles. The van der Waals surface area contributed by atoms with E-state index >= 15 is 0 Å². The molecule has 1 aromatic carbocycles. The monoisotopic (exact) mass is 386 g/mol. The second kappa shape index (κ2) is 6.82. The maximum absolute atomic E-state index is 13.0. The molecule has 0 fully saturated rings. The number of rotatable bonds is 3. The number of carbonyl (C=O) groups excluding carboxylic acids is 1. The van der Waals surface area contributed by atoms with E-state index in [1.165, 1.54) is 7.05 Å². The molecule has 4 nitrogen and oxygen atoms in total. The normalized spacial score (nSPS) is 15.2. The van der Waals surface area contributed by atoms with Crippen molar-refractivity contribution in [3.63, 3.8) is 0 Å². The van der Waals surface area contributed by atoms with E-state index in [4.69, 9.17) is 9.40 Å². The summed E-state index contributed by atoms with van der Waals surface area (Å²) in [6.07, 6.45) is 0.155. The van der Waals surface area contributed by atoms with Gasteiger partial charge in [0.15, 0.2) is 0 Å². The Kier molecular flexibility index (Phi) is 4.45. The van der Waals surface area contributed by atoms with Crippen molar-refractivity contribution in [1.29, 1.82) is 0 Å². The van der Waals surface area contributed by atoms with Gasteiger partial charge in [0, 0.05) is 12.4 Å². The predicted molar refractivity (Wildman–Crippen MR) is 99.7 cm³/mol. The summed E-state index contributed by atoms with van der Waals surface area (Å²) in [5.74, 6) is 0.0197. The zero-order valence-corrected chi connectivity index (χ0v) is 15.1. The number of amides is 1. The molecule has 3 aromatic rings. The van der Waals surface area contributed by atoms with Gasteiger partial charge in [0.1, 0.15) is 12.3 Å². The van der Waals surface area contributed by atoms with Crippen LogP contribution in [0.1, 0.15) is 33.8 Å². The number of allylic oxidation sites excluding steroid dienone is 1. The third-order valence-electron chi connectivity index (χ3n) is 4.78. The summed E-state index contributed by atoms with van der Waals surface area (Å²) in [6.45, 7) is -1.30. The van der Waals surface area contributed by atoms with E-state index in [0.29, 0.717) is 46.3 Å². The molecule has 1 aliphatic carbocycles. The lowest BCUT2D eigenvalue weighted by Gasteiger charge is -2.21. The van der Waals surface area contributed by atoms with E-state index < -0.39 is 18.6 Å². The van der Waals surface area contributed by atoms with Gasteiger partial charge in [-0.25, -0.2) is 4.98 Å². The van der Waals surface area contributed by atoms with Crippen molar-refractivity contribution >= 4 is 28.5 Å². The molecule has 0 saturated carbocycles. The fourth-order valence-electron chi connectivity index (χ4n) is 3.60. The smallest absolute Gasteiger partial charge is 0.406 e. The number of nitrogens with zero attached hydrogens (tertiary/aromatic N) is 2. The number of pyridine rings is 1. The molecule has 0 bridgehead atoms. The molecule has 1 aliphatic rings. The molecule has 0 N–H and O–H groups in total. The molecule has 2 aromatic heterocycles. The molecular formula is C21H17F3N2O2. The van der Waals surface area contributed by atoms with Gasteiger partial charge in [0.2, 0.25) is 0 Å². The van der Waals surface area contributed by atoms with Crippen LogP contribution in [0.5, 0.6) is 0 Å². The lowest BCUT2D eigenvalue weighted by molar-refractivity contribution is -0.138. The SMILES string of the molecule is CN(CC(F)(F)F)C(=O)c1c2c(nc3ccccc13)C(=Cc1ccco1)CC2. The standard InChI is InChI=1S/C21H17F3N2O2/c1-26(12-21(22,23)24)20(27)18-15-6-2-3-7-17(15)25-19-13(8-9-16(18)19)11-14-5-4-10-28-14/h2-7,10-11H,8-9,12H2,1H3. The summed E-state index contributed by atoms with van der Waals surface area (Å²) in [5, 5.41) is 0.569. The highest BCUT2D eigenvalue weighted by molar-refractivity contribution is 6.09. The lowest BCUT2D eigenvalue weighted by atomic mass is 9.99. The van der Waals surface area contributed by atoms with Crippen LogP contribution in [-0.2, 0) is 6.42 Å². The van der Waals surface area contributed by atoms with Crippen LogP contribution in [-0.4, -0.2) is 35.6 Å². The Hall–Kier alpha value is -3.09. The number of benzene rings is 1. The fraction of sp³-hybridized carbons (Fsp3) is 0.238. The number of alkyl halides is 3. The van der Waals surface area contributed by atoms with Gasteiger partial charge < -0.3 is 9.32 Å². The van der Waals surface area contributed by atoms with E-state index in [2.05, 4.69) is 0 Å². The lowest BCUT2D eigenvalue weighted by Crippen LogP contribution is -2.36. The molecular weight excluding hydrogens is 369 g/mol. The Morgan fingerprint density at radius 1 is 1.21 bits per heavy atom. The van der Waals surface area contributed by atoms with E-state index in [-0.39, 0.29) is 0 Å². The van der Waals surface area contributed by atoms with Crippen molar-refractivity contribution in [2.24, 2.45) is 0 Å². The van der Waals surface area contributed by atoms with Gasteiger partial charge in [-0.3, -0.25) is 4.79 Å². The second-order valence-electron chi connectivity index (χ2n) is 6.79. The highest BCUT2D eigenvalue weighted by atomic mass is 19.4. The quantitative estimate of drug-likeness (QED) is 0.640. The van der Waals surface area contributed by atoms with E-state index in [1.807, 2.05) is 12.1 Å². The second-order valence-corrected chi connectivity index (χ2v) is 6.79. The van der Waals surface area contributed by atoms with Gasteiger partial charge >= 0.3 is 6.18 Å². The van der Waals surface area contributed by atoms with Crippen LogP contribution in [0.4, 0.5) is 13.2 Å². The number of fused-ring (bicyclic) bond motifs is 2. The van der Waals surface area contributed by atoms with Crippen LogP contribution in [0, 0.1) is 0 Å². The molecule has 0 unspecified atom stereocenters. The van der Waals surface area contributed by atoms with Crippen molar-refractivity contribution in [3.8, 4) is 0 Å². The maximum Gasteiger partial charge on any atom is 0.406 e. The summed E-state index contributed by atoms with van der Waals surface area (Å²) in [4.78, 5) is 18.4. The zero-order valence-electron chi connectivity index (χ0n) is 15.1. The van der Waals surface area contributed by atoms with Crippen molar-refractivity contribution in [2.75, 3.05) is 13.6 Å². The first kappa shape index (κ1) is 18.3. The van der Waals surface area contributed by atoms with Gasteiger partial charge in [-0.1, -0.05) is 18.2 Å². The number of furan rings is 1. The third kappa shape index (κ3) is 3.40. The predicted octanol–water partition coefficient (Wildman–Crippen LogP) is 4.95. The molecule has 28 heavy (non-hydrogen) atoms. The summed E-state index contributed by atoms with van der Waals surface area (Å²) in [5.41, 5.74) is 3.13. The number of hydrogen-bond donors (Lipinski definition) is 0. The van der Waals surface area contributed by atoms with E-state index in [0.717, 1.165) is 10.5 Å². The number of halogens is 3. The van der Waals surface area contributed by atoms with Crippen LogP contribution >= 0.6 is 0 Å². The molecule has 0 atom stereocenters. The number of aromatic nitrogens is 1. The first-order valence-corrected chi connectivity index (χ1v) is 8.82. The van der Waals surface area contributed by atoms with Crippen LogP contribution in [0.2, 0.25) is 0 Å². The molecule has 7 heteroatoms. The molecule has 4 rings (SSSR count). The van der Waals surface area contributed by atoms with E-state index in [9.17, 15) is 18.0 Å². The van der Waals surface area contributed by atoms with Gasteiger partial charge in [0.05, 0.1) is 23.0 Å². The minimum Gasteiger partial charge on any atom is -0.465 e. The van der Waals surface area contributed by atoms with Crippen molar-refractivity contribution < 1.29 is 22.4 Å². The Labute approximate surface area is 159 Å². The van der Waals surface area contributed by atoms with E-state index in [1.54, 1.807) is 36.6 Å².